The van der Waals surface area contributed by atoms with Crippen LogP contribution < -0.4 is 5.73 Å². The van der Waals surface area contributed by atoms with Crippen molar-refractivity contribution in [3.63, 3.8) is 0 Å². The first kappa shape index (κ1) is 11.2. The molecule has 1 aromatic rings. The van der Waals surface area contributed by atoms with Gasteiger partial charge in [-0.15, -0.1) is 0 Å². The van der Waals surface area contributed by atoms with E-state index < -0.39 is 0 Å². The highest BCUT2D eigenvalue weighted by Crippen LogP contribution is 2.58. The lowest BCUT2D eigenvalue weighted by molar-refractivity contribution is 0.211. The molecule has 2 atom stereocenters. The van der Waals surface area contributed by atoms with Crippen molar-refractivity contribution in [3.8, 4) is 0 Å². The summed E-state index contributed by atoms with van der Waals surface area (Å²) in [4.78, 5) is 0. The van der Waals surface area contributed by atoms with Gasteiger partial charge in [-0.1, -0.05) is 23.2 Å². The number of rotatable bonds is 3. The lowest BCUT2D eigenvalue weighted by Gasteiger charge is -2.11. The second kappa shape index (κ2) is 3.95. The summed E-state index contributed by atoms with van der Waals surface area (Å²) >= 11 is 11.8. The van der Waals surface area contributed by atoms with Crippen molar-refractivity contribution in [2.45, 2.75) is 12.3 Å². The van der Waals surface area contributed by atoms with Gasteiger partial charge in [-0.2, -0.15) is 0 Å². The van der Waals surface area contributed by atoms with Crippen LogP contribution in [-0.4, -0.2) is 18.3 Å². The van der Waals surface area contributed by atoms with Crippen LogP contribution in [0.4, 0.5) is 0 Å². The van der Waals surface area contributed by atoms with Gasteiger partial charge in [0.05, 0.1) is 6.61 Å². The lowest BCUT2D eigenvalue weighted by Crippen LogP contribution is -2.21. The Kier molecular flexibility index (Phi) is 2.95. The first-order valence-corrected chi connectivity index (χ1v) is 5.64. The first-order chi connectivity index (χ1) is 7.11. The molecule has 0 aliphatic heterocycles. The van der Waals surface area contributed by atoms with Crippen molar-refractivity contribution >= 4 is 23.2 Å². The van der Waals surface area contributed by atoms with Gasteiger partial charge in [-0.3, -0.25) is 0 Å². The SMILES string of the molecule is NC[C@]1(CO)C[C@H]1c1cc(Cl)cc(Cl)c1. The summed E-state index contributed by atoms with van der Waals surface area (Å²) in [5, 5.41) is 10.5. The molecule has 0 unspecified atom stereocenters. The van der Waals surface area contributed by atoms with Crippen LogP contribution in [0.3, 0.4) is 0 Å². The second-order valence-electron chi connectivity index (χ2n) is 4.18. The van der Waals surface area contributed by atoms with Gasteiger partial charge in [0.15, 0.2) is 0 Å². The van der Waals surface area contributed by atoms with E-state index in [0.717, 1.165) is 12.0 Å². The zero-order valence-corrected chi connectivity index (χ0v) is 9.72. The normalized spacial score (nSPS) is 29.2. The Labute approximate surface area is 99.0 Å². The first-order valence-electron chi connectivity index (χ1n) is 4.88. The topological polar surface area (TPSA) is 46.2 Å². The van der Waals surface area contributed by atoms with Crippen LogP contribution >= 0.6 is 23.2 Å². The molecular formula is C11H13Cl2NO. The standard InChI is InChI=1S/C11H13Cl2NO/c12-8-1-7(2-9(13)3-8)10-4-11(10,5-14)6-15/h1-3,10,15H,4-6,14H2/t10-,11-/m0/s1. The number of aliphatic hydroxyl groups is 1. The summed E-state index contributed by atoms with van der Waals surface area (Å²) in [6.45, 7) is 0.622. The Morgan fingerprint density at radius 3 is 2.33 bits per heavy atom. The summed E-state index contributed by atoms with van der Waals surface area (Å²) in [6.07, 6.45) is 0.913. The van der Waals surface area contributed by atoms with Gasteiger partial charge in [0, 0.05) is 22.0 Å². The molecular weight excluding hydrogens is 233 g/mol. The fraction of sp³-hybridized carbons (Fsp3) is 0.455. The third-order valence-corrected chi connectivity index (χ3v) is 3.63. The summed E-state index contributed by atoms with van der Waals surface area (Å²) in [7, 11) is 0. The van der Waals surface area contributed by atoms with E-state index in [1.807, 2.05) is 12.1 Å². The number of nitrogens with two attached hydrogens (primary N) is 1. The largest absolute Gasteiger partial charge is 0.396 e. The molecule has 15 heavy (non-hydrogen) atoms. The maximum Gasteiger partial charge on any atom is 0.0505 e. The van der Waals surface area contributed by atoms with Crippen LogP contribution in [0.2, 0.25) is 10.0 Å². The van der Waals surface area contributed by atoms with E-state index in [-0.39, 0.29) is 12.0 Å². The third-order valence-electron chi connectivity index (χ3n) is 3.20. The molecule has 4 heteroatoms. The fourth-order valence-corrected chi connectivity index (χ4v) is 2.60. The highest BCUT2D eigenvalue weighted by molar-refractivity contribution is 6.34. The van der Waals surface area contributed by atoms with E-state index in [9.17, 15) is 5.11 Å². The summed E-state index contributed by atoms with van der Waals surface area (Å²) in [5.74, 6) is 0.295. The van der Waals surface area contributed by atoms with E-state index in [1.165, 1.54) is 0 Å². The number of halogens is 2. The predicted octanol–water partition coefficient (Wildman–Crippen LogP) is 2.42. The molecule has 82 valence electrons. The molecule has 0 bridgehead atoms. The predicted molar refractivity (Wildman–Crippen MR) is 62.4 cm³/mol. The summed E-state index contributed by atoms with van der Waals surface area (Å²) in [5.41, 5.74) is 6.59. The highest BCUT2D eigenvalue weighted by Gasteiger charge is 2.53. The summed E-state index contributed by atoms with van der Waals surface area (Å²) in [6, 6.07) is 5.49. The van der Waals surface area contributed by atoms with E-state index >= 15 is 0 Å². The molecule has 0 heterocycles. The maximum atomic E-state index is 9.28. The van der Waals surface area contributed by atoms with Gasteiger partial charge in [-0.25, -0.2) is 0 Å². The molecule has 1 aromatic carbocycles. The molecule has 0 spiro atoms. The molecule has 1 aliphatic rings. The minimum Gasteiger partial charge on any atom is -0.396 e. The van der Waals surface area contributed by atoms with Crippen molar-refractivity contribution in [1.82, 2.24) is 0 Å². The zero-order valence-electron chi connectivity index (χ0n) is 8.21. The Balaban J connectivity index is 2.26. The molecule has 0 radical (unpaired) electrons. The summed E-state index contributed by atoms with van der Waals surface area (Å²) < 4.78 is 0. The van der Waals surface area contributed by atoms with Gasteiger partial charge in [0.1, 0.15) is 0 Å². The van der Waals surface area contributed by atoms with Crippen molar-refractivity contribution in [2.75, 3.05) is 13.2 Å². The number of hydrogen-bond acceptors (Lipinski definition) is 2. The van der Waals surface area contributed by atoms with Crippen molar-refractivity contribution in [3.05, 3.63) is 33.8 Å². The maximum absolute atomic E-state index is 9.28. The average molecular weight is 246 g/mol. The molecule has 1 saturated carbocycles. The fourth-order valence-electron chi connectivity index (χ4n) is 2.06. The van der Waals surface area contributed by atoms with E-state index in [4.69, 9.17) is 28.9 Å². The van der Waals surface area contributed by atoms with Gasteiger partial charge in [-0.05, 0) is 36.1 Å². The minimum atomic E-state index is -0.145. The van der Waals surface area contributed by atoms with Crippen LogP contribution in [0.1, 0.15) is 17.9 Å². The van der Waals surface area contributed by atoms with E-state index in [2.05, 4.69) is 0 Å². The Morgan fingerprint density at radius 1 is 1.33 bits per heavy atom. The number of aliphatic hydroxyl groups excluding tert-OH is 1. The molecule has 1 aliphatic carbocycles. The Hall–Kier alpha value is -0.280. The molecule has 2 nitrogen and oxygen atoms in total. The second-order valence-corrected chi connectivity index (χ2v) is 5.06. The molecule has 2 rings (SSSR count). The third kappa shape index (κ3) is 2.00. The molecule has 0 amide bonds. The quantitative estimate of drug-likeness (QED) is 0.860. The van der Waals surface area contributed by atoms with Gasteiger partial charge >= 0.3 is 0 Å². The number of hydrogen-bond donors (Lipinski definition) is 2. The Bertz CT molecular complexity index is 357. The Morgan fingerprint density at radius 2 is 1.93 bits per heavy atom. The molecule has 3 N–H and O–H groups in total. The van der Waals surface area contributed by atoms with Crippen LogP contribution in [0.15, 0.2) is 18.2 Å². The van der Waals surface area contributed by atoms with Crippen molar-refractivity contribution in [2.24, 2.45) is 11.1 Å². The van der Waals surface area contributed by atoms with Crippen molar-refractivity contribution in [1.29, 1.82) is 0 Å². The molecule has 1 fully saturated rings. The van der Waals surface area contributed by atoms with Gasteiger partial charge in [0.25, 0.3) is 0 Å². The molecule has 0 saturated heterocycles. The average Bonchev–Trinajstić information content (AvgIpc) is 2.91. The van der Waals surface area contributed by atoms with Crippen molar-refractivity contribution < 1.29 is 5.11 Å². The lowest BCUT2D eigenvalue weighted by atomic mass is 10.0. The van der Waals surface area contributed by atoms with E-state index in [0.29, 0.717) is 22.5 Å². The zero-order chi connectivity index (χ0) is 11.1. The smallest absolute Gasteiger partial charge is 0.0505 e. The van der Waals surface area contributed by atoms with Crippen LogP contribution in [0.5, 0.6) is 0 Å². The van der Waals surface area contributed by atoms with Gasteiger partial charge in [0.2, 0.25) is 0 Å². The van der Waals surface area contributed by atoms with Gasteiger partial charge < -0.3 is 10.8 Å². The van der Waals surface area contributed by atoms with Crippen LogP contribution in [0, 0.1) is 5.41 Å². The monoisotopic (exact) mass is 245 g/mol. The van der Waals surface area contributed by atoms with Crippen LogP contribution in [-0.2, 0) is 0 Å². The van der Waals surface area contributed by atoms with Crippen LogP contribution in [0.25, 0.3) is 0 Å². The minimum absolute atomic E-state index is 0.123. The number of benzene rings is 1. The highest BCUT2D eigenvalue weighted by atomic mass is 35.5. The van der Waals surface area contributed by atoms with E-state index in [1.54, 1.807) is 6.07 Å². The molecule has 0 aromatic heterocycles.